The quantitative estimate of drug-likeness (QED) is 0.578. The van der Waals surface area contributed by atoms with Gasteiger partial charge in [-0.25, -0.2) is 0 Å². The average Bonchev–Trinajstić information content (AvgIpc) is 2.38. The smallest absolute Gasteiger partial charge is 0.198 e. The van der Waals surface area contributed by atoms with Crippen molar-refractivity contribution < 1.29 is 9.59 Å². The Hall–Kier alpha value is -1.96. The van der Waals surface area contributed by atoms with Crippen molar-refractivity contribution in [1.29, 1.82) is 0 Å². The van der Waals surface area contributed by atoms with Crippen molar-refractivity contribution in [2.75, 3.05) is 0 Å². The molecule has 0 N–H and O–H groups in total. The molecular formula is C15H13O2. The molecule has 0 saturated carbocycles. The van der Waals surface area contributed by atoms with Gasteiger partial charge in [0, 0.05) is 18.4 Å². The van der Waals surface area contributed by atoms with Crippen molar-refractivity contribution in [2.45, 2.75) is 19.3 Å². The molecule has 2 nitrogen and oxygen atoms in total. The average molecular weight is 225 g/mol. The van der Waals surface area contributed by atoms with Gasteiger partial charge < -0.3 is 0 Å². The van der Waals surface area contributed by atoms with Gasteiger partial charge in [0.15, 0.2) is 12.1 Å². The molecule has 2 aromatic rings. The molecule has 2 heteroatoms. The molecule has 0 aliphatic rings. The van der Waals surface area contributed by atoms with Crippen molar-refractivity contribution in [3.63, 3.8) is 0 Å². The molecule has 0 bridgehead atoms. The fourth-order valence-corrected chi connectivity index (χ4v) is 1.83. The van der Waals surface area contributed by atoms with Gasteiger partial charge >= 0.3 is 0 Å². The summed E-state index contributed by atoms with van der Waals surface area (Å²) in [5, 5.41) is 2.20. The van der Waals surface area contributed by atoms with Crippen LogP contribution in [0.1, 0.15) is 29.6 Å². The number of unbranched alkanes of at least 4 members (excludes halogenated alkanes) is 1. The topological polar surface area (TPSA) is 34.1 Å². The first kappa shape index (κ1) is 11.5. The van der Waals surface area contributed by atoms with Crippen LogP contribution in [0.2, 0.25) is 0 Å². The number of hydrogen-bond donors (Lipinski definition) is 0. The van der Waals surface area contributed by atoms with E-state index in [0.717, 1.165) is 16.3 Å². The van der Waals surface area contributed by atoms with E-state index < -0.39 is 0 Å². The van der Waals surface area contributed by atoms with Gasteiger partial charge in [-0.1, -0.05) is 36.4 Å². The highest BCUT2D eigenvalue weighted by Crippen LogP contribution is 2.17. The Morgan fingerprint density at radius 3 is 2.59 bits per heavy atom. The minimum atomic E-state index is 0.0889. The van der Waals surface area contributed by atoms with E-state index in [0.29, 0.717) is 19.3 Å². The third-order valence-electron chi connectivity index (χ3n) is 2.75. The van der Waals surface area contributed by atoms with E-state index in [-0.39, 0.29) is 5.78 Å². The minimum absolute atomic E-state index is 0.0889. The van der Waals surface area contributed by atoms with Gasteiger partial charge in [-0.2, -0.15) is 0 Å². The summed E-state index contributed by atoms with van der Waals surface area (Å²) in [5.74, 6) is 0.0889. The second-order valence-electron chi connectivity index (χ2n) is 3.98. The van der Waals surface area contributed by atoms with E-state index in [2.05, 4.69) is 0 Å². The lowest BCUT2D eigenvalue weighted by Gasteiger charge is -2.02. The lowest BCUT2D eigenvalue weighted by Crippen LogP contribution is -1.98. The second kappa shape index (κ2) is 5.39. The molecule has 2 rings (SSSR count). The van der Waals surface area contributed by atoms with Crippen molar-refractivity contribution in [2.24, 2.45) is 0 Å². The highest BCUT2D eigenvalue weighted by atomic mass is 16.1. The summed E-state index contributed by atoms with van der Waals surface area (Å²) < 4.78 is 0. The van der Waals surface area contributed by atoms with Crippen LogP contribution in [0, 0.1) is 0 Å². The molecule has 0 unspecified atom stereocenters. The molecular weight excluding hydrogens is 212 g/mol. The number of ketones is 1. The predicted molar refractivity (Wildman–Crippen MR) is 67.8 cm³/mol. The maximum atomic E-state index is 11.8. The standard InChI is InChI=1S/C15H13O2/c16-10-4-3-7-15(17)14-9-8-12-5-1-2-6-13(12)11-14/h1-2,5-6,8-9,11H,3-4,7H2. The van der Waals surface area contributed by atoms with Gasteiger partial charge in [-0.05, 0) is 23.3 Å². The van der Waals surface area contributed by atoms with E-state index in [4.69, 9.17) is 0 Å². The van der Waals surface area contributed by atoms with Crippen molar-refractivity contribution >= 4 is 22.8 Å². The molecule has 0 spiro atoms. The Balaban J connectivity index is 2.18. The van der Waals surface area contributed by atoms with Crippen LogP contribution in [0.4, 0.5) is 0 Å². The molecule has 0 saturated heterocycles. The molecule has 85 valence electrons. The Labute approximate surface area is 100 Å². The molecule has 0 amide bonds. The third-order valence-corrected chi connectivity index (χ3v) is 2.75. The number of Topliss-reactive ketones (excluding diaryl/α,β-unsaturated/α-hetero) is 1. The molecule has 0 aliphatic carbocycles. The normalized spacial score (nSPS) is 10.4. The summed E-state index contributed by atoms with van der Waals surface area (Å²) in [6.45, 7) is 0. The molecule has 0 atom stereocenters. The van der Waals surface area contributed by atoms with Crippen molar-refractivity contribution in [1.82, 2.24) is 0 Å². The first-order valence-corrected chi connectivity index (χ1v) is 5.68. The van der Waals surface area contributed by atoms with Crippen LogP contribution < -0.4 is 0 Å². The Morgan fingerprint density at radius 2 is 1.82 bits per heavy atom. The molecule has 0 aliphatic heterocycles. The Kier molecular flexibility index (Phi) is 3.66. The van der Waals surface area contributed by atoms with E-state index >= 15 is 0 Å². The third kappa shape index (κ3) is 2.78. The molecule has 0 aromatic heterocycles. The van der Waals surface area contributed by atoms with Gasteiger partial charge in [0.1, 0.15) is 0 Å². The van der Waals surface area contributed by atoms with Crippen LogP contribution in [-0.2, 0) is 4.79 Å². The summed E-state index contributed by atoms with van der Waals surface area (Å²) in [7, 11) is 0. The molecule has 17 heavy (non-hydrogen) atoms. The summed E-state index contributed by atoms with van der Waals surface area (Å²) in [4.78, 5) is 21.9. The largest absolute Gasteiger partial charge is 0.294 e. The van der Waals surface area contributed by atoms with E-state index in [9.17, 15) is 9.59 Å². The van der Waals surface area contributed by atoms with Gasteiger partial charge in [-0.15, -0.1) is 0 Å². The number of fused-ring (bicyclic) bond motifs is 1. The summed E-state index contributed by atoms with van der Waals surface area (Å²) >= 11 is 0. The zero-order chi connectivity index (χ0) is 12.1. The number of benzene rings is 2. The fraction of sp³-hybridized carbons (Fsp3) is 0.200. The minimum Gasteiger partial charge on any atom is -0.294 e. The van der Waals surface area contributed by atoms with Crippen molar-refractivity contribution in [3.8, 4) is 0 Å². The van der Waals surface area contributed by atoms with Crippen LogP contribution in [0.15, 0.2) is 42.5 Å². The van der Waals surface area contributed by atoms with Crippen LogP contribution >= 0.6 is 0 Å². The summed E-state index contributed by atoms with van der Waals surface area (Å²) in [5.41, 5.74) is 0.717. The van der Waals surface area contributed by atoms with Gasteiger partial charge in [0.2, 0.25) is 0 Å². The molecule has 0 heterocycles. The first-order chi connectivity index (χ1) is 8.31. The summed E-state index contributed by atoms with van der Waals surface area (Å²) in [6.07, 6.45) is 3.12. The van der Waals surface area contributed by atoms with E-state index in [1.807, 2.05) is 42.5 Å². The lowest BCUT2D eigenvalue weighted by atomic mass is 10.0. The number of rotatable bonds is 5. The van der Waals surface area contributed by atoms with Gasteiger partial charge in [0.25, 0.3) is 0 Å². The highest BCUT2D eigenvalue weighted by Gasteiger charge is 2.06. The highest BCUT2D eigenvalue weighted by molar-refractivity contribution is 5.99. The Morgan fingerprint density at radius 1 is 1.06 bits per heavy atom. The van der Waals surface area contributed by atoms with Crippen LogP contribution in [-0.4, -0.2) is 12.1 Å². The van der Waals surface area contributed by atoms with Crippen LogP contribution in [0.5, 0.6) is 0 Å². The Bertz CT molecular complexity index is 543. The van der Waals surface area contributed by atoms with Crippen LogP contribution in [0.3, 0.4) is 0 Å². The molecule has 2 aromatic carbocycles. The fourth-order valence-electron chi connectivity index (χ4n) is 1.83. The zero-order valence-corrected chi connectivity index (χ0v) is 9.48. The molecule has 0 fully saturated rings. The van der Waals surface area contributed by atoms with Gasteiger partial charge in [-0.3, -0.25) is 9.59 Å². The van der Waals surface area contributed by atoms with E-state index in [1.54, 1.807) is 6.29 Å². The zero-order valence-electron chi connectivity index (χ0n) is 9.48. The second-order valence-corrected chi connectivity index (χ2v) is 3.98. The SMILES string of the molecule is O=[C]CCCC(=O)c1ccc2ccccc2c1. The maximum absolute atomic E-state index is 11.8. The summed E-state index contributed by atoms with van der Waals surface area (Å²) in [6, 6.07) is 13.6. The predicted octanol–water partition coefficient (Wildman–Crippen LogP) is 3.30. The number of carbonyl (C=O) groups excluding carboxylic acids is 2. The monoisotopic (exact) mass is 225 g/mol. The van der Waals surface area contributed by atoms with Crippen LogP contribution in [0.25, 0.3) is 10.8 Å². The number of carbonyl (C=O) groups is 1. The number of hydrogen-bond acceptors (Lipinski definition) is 2. The van der Waals surface area contributed by atoms with E-state index in [1.165, 1.54) is 0 Å². The maximum Gasteiger partial charge on any atom is 0.198 e. The van der Waals surface area contributed by atoms with Crippen molar-refractivity contribution in [3.05, 3.63) is 48.0 Å². The van der Waals surface area contributed by atoms with Gasteiger partial charge in [0.05, 0.1) is 0 Å². The molecule has 1 radical (unpaired) electrons. The lowest BCUT2D eigenvalue weighted by molar-refractivity contribution is 0.0981. The first-order valence-electron chi connectivity index (χ1n) is 5.68.